The highest BCUT2D eigenvalue weighted by Gasteiger charge is 2.35. The monoisotopic (exact) mass is 342 g/mol. The number of benzene rings is 2. The van der Waals surface area contributed by atoms with Gasteiger partial charge in [0, 0.05) is 12.1 Å². The van der Waals surface area contributed by atoms with Crippen molar-refractivity contribution in [2.24, 2.45) is 11.5 Å². The van der Waals surface area contributed by atoms with Gasteiger partial charge >= 0.3 is 0 Å². The highest BCUT2D eigenvalue weighted by molar-refractivity contribution is 5.18. The molecule has 0 aromatic heterocycles. The zero-order chi connectivity index (χ0) is 17.5. The molecule has 1 fully saturated rings. The van der Waals surface area contributed by atoms with Crippen molar-refractivity contribution in [1.29, 1.82) is 0 Å². The van der Waals surface area contributed by atoms with Crippen LogP contribution in [-0.4, -0.2) is 37.9 Å². The molecule has 4 N–H and O–H groups in total. The molecule has 0 spiro atoms. The highest BCUT2D eigenvalue weighted by Crippen LogP contribution is 2.19. The lowest BCUT2D eigenvalue weighted by Crippen LogP contribution is -2.54. The molecule has 2 aromatic rings. The molecular weight excluding hydrogens is 316 g/mol. The first-order chi connectivity index (χ1) is 12.2. The molecule has 25 heavy (non-hydrogen) atoms. The van der Waals surface area contributed by atoms with E-state index in [1.807, 2.05) is 36.4 Å². The van der Waals surface area contributed by atoms with E-state index in [4.69, 9.17) is 25.7 Å². The number of hydrogen-bond acceptors (Lipinski definition) is 5. The molecular formula is C20H26N2O3. The standard InChI is InChI=1S/C20H26N2O3/c21-17(11-15-7-3-1-4-8-15)19-20(25-14-23-13-24-19)18(22)12-16-9-5-2-6-10-16/h1-10,17-20H,11-14,21-22H2/t17?,18?,19-,20-/m1/s1. The van der Waals surface area contributed by atoms with E-state index in [9.17, 15) is 0 Å². The van der Waals surface area contributed by atoms with Gasteiger partial charge in [-0.2, -0.15) is 0 Å². The molecule has 0 amide bonds. The first-order valence-electron chi connectivity index (χ1n) is 8.64. The third kappa shape index (κ3) is 5.11. The molecule has 5 nitrogen and oxygen atoms in total. The van der Waals surface area contributed by atoms with E-state index in [1.54, 1.807) is 0 Å². The molecule has 1 heterocycles. The van der Waals surface area contributed by atoms with E-state index in [2.05, 4.69) is 24.3 Å². The van der Waals surface area contributed by atoms with Gasteiger partial charge in [0.1, 0.15) is 25.8 Å². The summed E-state index contributed by atoms with van der Waals surface area (Å²) in [6.45, 7) is 0.337. The summed E-state index contributed by atoms with van der Waals surface area (Å²) in [6, 6.07) is 19.8. The summed E-state index contributed by atoms with van der Waals surface area (Å²) in [5, 5.41) is 0. The van der Waals surface area contributed by atoms with Crippen molar-refractivity contribution in [3.8, 4) is 0 Å². The lowest BCUT2D eigenvalue weighted by Gasteiger charge is -2.32. The van der Waals surface area contributed by atoms with Gasteiger partial charge in [0.05, 0.1) is 0 Å². The Bertz CT molecular complexity index is 568. The maximum atomic E-state index is 6.46. The van der Waals surface area contributed by atoms with E-state index >= 15 is 0 Å². The normalized spacial score (nSPS) is 23.6. The molecule has 0 saturated carbocycles. The Morgan fingerprint density at radius 2 is 1.12 bits per heavy atom. The average Bonchev–Trinajstić information content (AvgIpc) is 2.89. The fourth-order valence-electron chi connectivity index (χ4n) is 3.22. The minimum Gasteiger partial charge on any atom is -0.348 e. The number of nitrogens with two attached hydrogens (primary N) is 2. The van der Waals surface area contributed by atoms with Crippen LogP contribution in [0.4, 0.5) is 0 Å². The molecule has 2 unspecified atom stereocenters. The molecule has 1 aliphatic heterocycles. The quantitative estimate of drug-likeness (QED) is 0.837. The maximum absolute atomic E-state index is 6.46. The minimum atomic E-state index is -0.318. The molecule has 134 valence electrons. The van der Waals surface area contributed by atoms with Crippen LogP contribution in [0.15, 0.2) is 60.7 Å². The molecule has 0 aliphatic carbocycles. The predicted octanol–water partition coefficient (Wildman–Crippen LogP) is 1.84. The van der Waals surface area contributed by atoms with Crippen molar-refractivity contribution in [1.82, 2.24) is 0 Å². The summed E-state index contributed by atoms with van der Waals surface area (Å²) in [5.41, 5.74) is 15.2. The molecule has 1 aliphatic rings. The summed E-state index contributed by atoms with van der Waals surface area (Å²) >= 11 is 0. The first-order valence-corrected chi connectivity index (χ1v) is 8.64. The van der Waals surface area contributed by atoms with Gasteiger partial charge < -0.3 is 25.7 Å². The van der Waals surface area contributed by atoms with Gasteiger partial charge in [0.25, 0.3) is 0 Å². The minimum absolute atomic E-state index is 0.168. The number of ether oxygens (including phenoxy) is 3. The molecule has 3 rings (SSSR count). The van der Waals surface area contributed by atoms with Crippen LogP contribution in [-0.2, 0) is 27.1 Å². The Kier molecular flexibility index (Phi) is 6.55. The van der Waals surface area contributed by atoms with Crippen LogP contribution < -0.4 is 11.5 Å². The Morgan fingerprint density at radius 1 is 0.720 bits per heavy atom. The predicted molar refractivity (Wildman–Crippen MR) is 96.8 cm³/mol. The van der Waals surface area contributed by atoms with E-state index in [0.29, 0.717) is 12.8 Å². The lowest BCUT2D eigenvalue weighted by molar-refractivity contribution is -0.0903. The fraction of sp³-hybridized carbons (Fsp3) is 0.400. The summed E-state index contributed by atoms with van der Waals surface area (Å²) < 4.78 is 17.0. The van der Waals surface area contributed by atoms with Crippen molar-refractivity contribution in [2.75, 3.05) is 13.6 Å². The van der Waals surface area contributed by atoms with Gasteiger partial charge in [-0.1, -0.05) is 60.7 Å². The van der Waals surface area contributed by atoms with Gasteiger partial charge in [-0.3, -0.25) is 0 Å². The smallest absolute Gasteiger partial charge is 0.150 e. The third-order valence-corrected chi connectivity index (χ3v) is 4.48. The zero-order valence-electron chi connectivity index (χ0n) is 14.3. The summed E-state index contributed by atoms with van der Waals surface area (Å²) in [5.74, 6) is 0. The number of rotatable bonds is 6. The maximum Gasteiger partial charge on any atom is 0.150 e. The van der Waals surface area contributed by atoms with Crippen LogP contribution in [0.3, 0.4) is 0 Å². The molecule has 4 atom stereocenters. The van der Waals surface area contributed by atoms with Crippen LogP contribution in [0.2, 0.25) is 0 Å². The Hall–Kier alpha value is -1.76. The third-order valence-electron chi connectivity index (χ3n) is 4.48. The SMILES string of the molecule is NC(Cc1ccccc1)[C@H]1OCOCO[C@@H]1C(N)Cc1ccccc1. The van der Waals surface area contributed by atoms with Crippen LogP contribution in [0.1, 0.15) is 11.1 Å². The van der Waals surface area contributed by atoms with Crippen molar-refractivity contribution in [3.63, 3.8) is 0 Å². The van der Waals surface area contributed by atoms with E-state index in [1.165, 1.54) is 11.1 Å². The van der Waals surface area contributed by atoms with E-state index in [0.717, 1.165) is 0 Å². The highest BCUT2D eigenvalue weighted by atomic mass is 16.8. The largest absolute Gasteiger partial charge is 0.348 e. The first kappa shape index (κ1) is 18.0. The fourth-order valence-corrected chi connectivity index (χ4v) is 3.22. The lowest BCUT2D eigenvalue weighted by atomic mass is 9.92. The zero-order valence-corrected chi connectivity index (χ0v) is 14.3. The molecule has 5 heteroatoms. The van der Waals surface area contributed by atoms with E-state index < -0.39 is 0 Å². The Morgan fingerprint density at radius 3 is 1.52 bits per heavy atom. The van der Waals surface area contributed by atoms with Gasteiger partial charge in [-0.15, -0.1) is 0 Å². The Labute approximate surface area is 148 Å². The summed E-state index contributed by atoms with van der Waals surface area (Å²) in [4.78, 5) is 0. The van der Waals surface area contributed by atoms with E-state index in [-0.39, 0.29) is 37.9 Å². The second-order valence-electron chi connectivity index (χ2n) is 6.41. The summed E-state index contributed by atoms with van der Waals surface area (Å²) in [6.07, 6.45) is 0.759. The van der Waals surface area contributed by atoms with Crippen molar-refractivity contribution in [3.05, 3.63) is 71.8 Å². The molecule has 2 aromatic carbocycles. The van der Waals surface area contributed by atoms with Crippen molar-refractivity contribution >= 4 is 0 Å². The average molecular weight is 342 g/mol. The van der Waals surface area contributed by atoms with Crippen LogP contribution in [0.25, 0.3) is 0 Å². The van der Waals surface area contributed by atoms with Crippen molar-refractivity contribution in [2.45, 2.75) is 37.1 Å². The second kappa shape index (κ2) is 9.08. The van der Waals surface area contributed by atoms with Crippen LogP contribution in [0.5, 0.6) is 0 Å². The topological polar surface area (TPSA) is 79.7 Å². The molecule has 0 bridgehead atoms. The van der Waals surface area contributed by atoms with Crippen molar-refractivity contribution < 1.29 is 14.2 Å². The molecule has 0 radical (unpaired) electrons. The van der Waals surface area contributed by atoms with Gasteiger partial charge in [0.15, 0.2) is 0 Å². The Balaban J connectivity index is 1.70. The summed E-state index contributed by atoms with van der Waals surface area (Å²) in [7, 11) is 0. The number of hydrogen-bond donors (Lipinski definition) is 2. The van der Waals surface area contributed by atoms with Crippen LogP contribution >= 0.6 is 0 Å². The van der Waals surface area contributed by atoms with Crippen LogP contribution in [0, 0.1) is 0 Å². The second-order valence-corrected chi connectivity index (χ2v) is 6.41. The van der Waals surface area contributed by atoms with Gasteiger partial charge in [-0.05, 0) is 24.0 Å². The molecule has 1 saturated heterocycles. The van der Waals surface area contributed by atoms with Gasteiger partial charge in [0.2, 0.25) is 0 Å². The van der Waals surface area contributed by atoms with Gasteiger partial charge in [-0.25, -0.2) is 0 Å².